The van der Waals surface area contributed by atoms with Crippen molar-refractivity contribution in [3.8, 4) is 11.5 Å². The summed E-state index contributed by atoms with van der Waals surface area (Å²) in [7, 11) is 0. The minimum absolute atomic E-state index is 0.283. The van der Waals surface area contributed by atoms with Gasteiger partial charge in [0.25, 0.3) is 0 Å². The van der Waals surface area contributed by atoms with Crippen molar-refractivity contribution in [1.82, 2.24) is 30.2 Å². The van der Waals surface area contributed by atoms with Gasteiger partial charge in [-0.25, -0.2) is 9.67 Å². The maximum absolute atomic E-state index is 10.5. The molecule has 8 nitrogen and oxygen atoms in total. The molecule has 76 valence electrons. The van der Waals surface area contributed by atoms with E-state index in [1.165, 1.54) is 18.6 Å². The summed E-state index contributed by atoms with van der Waals surface area (Å²) in [6.07, 6.45) is 4.45. The second-order valence-electron chi connectivity index (χ2n) is 2.64. The molecule has 0 amide bonds. The normalized spacial score (nSPS) is 10.1. The highest BCUT2D eigenvalue weighted by Gasteiger charge is 2.12. The molecule has 8 heteroatoms. The number of rotatable bonds is 3. The van der Waals surface area contributed by atoms with Gasteiger partial charge in [-0.05, 0) is 10.4 Å². The Morgan fingerprint density at radius 3 is 3.00 bits per heavy atom. The van der Waals surface area contributed by atoms with Crippen LogP contribution in [0.4, 0.5) is 0 Å². The van der Waals surface area contributed by atoms with Crippen LogP contribution in [0.5, 0.6) is 0 Å². The third kappa shape index (κ3) is 1.93. The van der Waals surface area contributed by atoms with E-state index in [-0.39, 0.29) is 12.4 Å². The van der Waals surface area contributed by atoms with E-state index in [2.05, 4.69) is 25.5 Å². The van der Waals surface area contributed by atoms with Gasteiger partial charge in [0.15, 0.2) is 0 Å². The first-order valence-electron chi connectivity index (χ1n) is 4.01. The Morgan fingerprint density at radius 2 is 2.33 bits per heavy atom. The van der Waals surface area contributed by atoms with E-state index in [0.29, 0.717) is 5.69 Å². The molecule has 0 radical (unpaired) electrons. The zero-order valence-electron chi connectivity index (χ0n) is 7.48. The molecule has 0 aliphatic rings. The SMILES string of the molecule is O=C(O)Cn1nnnc1-c1cnccn1. The van der Waals surface area contributed by atoms with E-state index in [1.54, 1.807) is 0 Å². The average molecular weight is 206 g/mol. The molecule has 2 aromatic rings. The van der Waals surface area contributed by atoms with Crippen molar-refractivity contribution >= 4 is 5.97 Å². The zero-order chi connectivity index (χ0) is 10.7. The number of aliphatic carboxylic acids is 1. The van der Waals surface area contributed by atoms with Crippen molar-refractivity contribution in [2.45, 2.75) is 6.54 Å². The number of carbonyl (C=O) groups is 1. The van der Waals surface area contributed by atoms with Gasteiger partial charge in [0.05, 0.1) is 6.20 Å². The lowest BCUT2D eigenvalue weighted by Gasteiger charge is -1.99. The summed E-state index contributed by atoms with van der Waals surface area (Å²) in [6.45, 7) is -0.307. The molecule has 2 heterocycles. The first-order valence-corrected chi connectivity index (χ1v) is 4.01. The molecule has 0 saturated carbocycles. The highest BCUT2D eigenvalue weighted by Crippen LogP contribution is 2.09. The molecule has 0 aliphatic carbocycles. The summed E-state index contributed by atoms with van der Waals surface area (Å²) in [5.41, 5.74) is 0.434. The minimum atomic E-state index is -1.02. The molecule has 2 rings (SSSR count). The number of aromatic nitrogens is 6. The molecule has 0 aliphatic heterocycles. The average Bonchev–Trinajstić information content (AvgIpc) is 2.66. The molecule has 0 aromatic carbocycles. The van der Waals surface area contributed by atoms with Crippen LogP contribution >= 0.6 is 0 Å². The summed E-state index contributed by atoms with van der Waals surface area (Å²) in [5, 5.41) is 19.2. The van der Waals surface area contributed by atoms with Gasteiger partial charge in [0, 0.05) is 12.4 Å². The van der Waals surface area contributed by atoms with Gasteiger partial charge in [0.2, 0.25) is 5.82 Å². The maximum Gasteiger partial charge on any atom is 0.325 e. The van der Waals surface area contributed by atoms with Gasteiger partial charge in [-0.15, -0.1) is 5.10 Å². The Hall–Kier alpha value is -2.38. The van der Waals surface area contributed by atoms with Crippen LogP contribution in [0.15, 0.2) is 18.6 Å². The number of hydrogen-bond acceptors (Lipinski definition) is 6. The van der Waals surface area contributed by atoms with E-state index in [0.717, 1.165) is 4.68 Å². The van der Waals surface area contributed by atoms with Crippen molar-refractivity contribution < 1.29 is 9.90 Å². The summed E-state index contributed by atoms with van der Waals surface area (Å²) in [4.78, 5) is 18.3. The van der Waals surface area contributed by atoms with Crippen LogP contribution in [0.25, 0.3) is 11.5 Å². The van der Waals surface area contributed by atoms with Gasteiger partial charge in [-0.1, -0.05) is 0 Å². The van der Waals surface area contributed by atoms with Gasteiger partial charge >= 0.3 is 5.97 Å². The fraction of sp³-hybridized carbons (Fsp3) is 0.143. The van der Waals surface area contributed by atoms with Crippen LogP contribution in [0, 0.1) is 0 Å². The molecule has 0 unspecified atom stereocenters. The lowest BCUT2D eigenvalue weighted by molar-refractivity contribution is -0.137. The standard InChI is InChI=1S/C7H6N6O2/c14-6(15)4-13-7(10-11-12-13)5-3-8-1-2-9-5/h1-3H,4H2,(H,14,15). The van der Waals surface area contributed by atoms with Gasteiger partial charge in [-0.3, -0.25) is 9.78 Å². The monoisotopic (exact) mass is 206 g/mol. The van der Waals surface area contributed by atoms with Crippen molar-refractivity contribution in [2.24, 2.45) is 0 Å². The molecule has 1 N–H and O–H groups in total. The number of tetrazole rings is 1. The molecule has 0 bridgehead atoms. The van der Waals surface area contributed by atoms with Crippen molar-refractivity contribution in [1.29, 1.82) is 0 Å². The van der Waals surface area contributed by atoms with E-state index in [1.807, 2.05) is 0 Å². The zero-order valence-corrected chi connectivity index (χ0v) is 7.48. The van der Waals surface area contributed by atoms with Crippen LogP contribution in [0.1, 0.15) is 0 Å². The molecule has 15 heavy (non-hydrogen) atoms. The highest BCUT2D eigenvalue weighted by atomic mass is 16.4. The van der Waals surface area contributed by atoms with Crippen molar-refractivity contribution in [3.63, 3.8) is 0 Å². The van der Waals surface area contributed by atoms with Gasteiger partial charge in [0.1, 0.15) is 12.2 Å². The topological polar surface area (TPSA) is 107 Å². The summed E-state index contributed by atoms with van der Waals surface area (Å²) in [6, 6.07) is 0. The molecule has 0 fully saturated rings. The van der Waals surface area contributed by atoms with Crippen molar-refractivity contribution in [3.05, 3.63) is 18.6 Å². The predicted molar refractivity (Wildman–Crippen MR) is 46.5 cm³/mol. The van der Waals surface area contributed by atoms with Crippen LogP contribution in [0.3, 0.4) is 0 Å². The number of nitrogens with zero attached hydrogens (tertiary/aromatic N) is 6. The van der Waals surface area contributed by atoms with E-state index in [9.17, 15) is 4.79 Å². The lowest BCUT2D eigenvalue weighted by Crippen LogP contribution is -2.12. The molecular formula is C7H6N6O2. The Bertz CT molecular complexity index is 467. The van der Waals surface area contributed by atoms with E-state index in [4.69, 9.17) is 5.11 Å². The second kappa shape index (κ2) is 3.78. The number of carboxylic acids is 1. The minimum Gasteiger partial charge on any atom is -0.480 e. The maximum atomic E-state index is 10.5. The Labute approximate surface area is 83.6 Å². The first-order chi connectivity index (χ1) is 7.27. The summed E-state index contributed by atoms with van der Waals surface area (Å²) in [5.74, 6) is -0.738. The van der Waals surface area contributed by atoms with Crippen LogP contribution in [-0.2, 0) is 11.3 Å². The fourth-order valence-corrected chi connectivity index (χ4v) is 1.04. The third-order valence-electron chi connectivity index (χ3n) is 1.61. The molecule has 0 spiro atoms. The third-order valence-corrected chi connectivity index (χ3v) is 1.61. The number of hydrogen-bond donors (Lipinski definition) is 1. The molecule has 2 aromatic heterocycles. The Morgan fingerprint density at radius 1 is 1.47 bits per heavy atom. The lowest BCUT2D eigenvalue weighted by atomic mass is 10.4. The fourth-order valence-electron chi connectivity index (χ4n) is 1.04. The van der Waals surface area contributed by atoms with Gasteiger partial charge in [-0.2, -0.15) is 0 Å². The predicted octanol–water partition coefficient (Wildman–Crippen LogP) is -0.785. The van der Waals surface area contributed by atoms with Crippen molar-refractivity contribution in [2.75, 3.05) is 0 Å². The smallest absolute Gasteiger partial charge is 0.325 e. The molecule has 0 atom stereocenters. The number of carboxylic acid groups (broad SMARTS) is 1. The van der Waals surface area contributed by atoms with Gasteiger partial charge < -0.3 is 5.11 Å². The van der Waals surface area contributed by atoms with E-state index >= 15 is 0 Å². The Balaban J connectivity index is 2.37. The largest absolute Gasteiger partial charge is 0.480 e. The second-order valence-corrected chi connectivity index (χ2v) is 2.64. The summed E-state index contributed by atoms with van der Waals surface area (Å²) < 4.78 is 1.15. The Kier molecular flexibility index (Phi) is 2.31. The quantitative estimate of drug-likeness (QED) is 0.701. The van der Waals surface area contributed by atoms with E-state index < -0.39 is 5.97 Å². The highest BCUT2D eigenvalue weighted by molar-refractivity contribution is 5.67. The molecular weight excluding hydrogens is 200 g/mol. The van der Waals surface area contributed by atoms with Crippen LogP contribution in [-0.4, -0.2) is 41.3 Å². The van der Waals surface area contributed by atoms with Crippen LogP contribution < -0.4 is 0 Å². The summed E-state index contributed by atoms with van der Waals surface area (Å²) >= 11 is 0. The van der Waals surface area contributed by atoms with Crippen LogP contribution in [0.2, 0.25) is 0 Å². The molecule has 0 saturated heterocycles. The first kappa shape index (κ1) is 9.19.